The molecule has 1 saturated heterocycles. The molecule has 4 rings (SSSR count). The lowest BCUT2D eigenvalue weighted by Gasteiger charge is -2.39. The van der Waals surface area contributed by atoms with Crippen LogP contribution in [0.2, 0.25) is 0 Å². The zero-order valence-electron chi connectivity index (χ0n) is 14.2. The number of rotatable bonds is 4. The van der Waals surface area contributed by atoms with Crippen LogP contribution in [0.5, 0.6) is 11.5 Å². The van der Waals surface area contributed by atoms with E-state index in [0.717, 1.165) is 5.56 Å². The van der Waals surface area contributed by atoms with Gasteiger partial charge in [0.25, 0.3) is 0 Å². The quantitative estimate of drug-likeness (QED) is 0.786. The zero-order chi connectivity index (χ0) is 16.4. The first-order valence-corrected chi connectivity index (χ1v) is 7.60. The molecule has 6 nitrogen and oxygen atoms in total. The SMILES string of the molecule is C.COc1ccc(CN2C(=O)[C@@H]3C/C=C\C[C@H]2C(=O)N3)c(OC)c1.S.S. The lowest BCUT2D eigenvalue weighted by molar-refractivity contribution is -0.150. The molecule has 3 aliphatic rings. The van der Waals surface area contributed by atoms with Crippen LogP contribution in [0.1, 0.15) is 25.8 Å². The second-order valence-electron chi connectivity index (χ2n) is 5.66. The Morgan fingerprint density at radius 2 is 1.81 bits per heavy atom. The zero-order valence-corrected chi connectivity index (χ0v) is 16.2. The summed E-state index contributed by atoms with van der Waals surface area (Å²) in [5.41, 5.74) is 0.852. The molecule has 1 aromatic rings. The fourth-order valence-electron chi connectivity index (χ4n) is 3.03. The Labute approximate surface area is 168 Å². The lowest BCUT2D eigenvalue weighted by atomic mass is 9.97. The van der Waals surface area contributed by atoms with E-state index in [-0.39, 0.29) is 46.2 Å². The van der Waals surface area contributed by atoms with Crippen molar-refractivity contribution in [2.75, 3.05) is 14.2 Å². The van der Waals surface area contributed by atoms with Crippen LogP contribution in [-0.2, 0) is 16.1 Å². The highest BCUT2D eigenvalue weighted by Crippen LogP contribution is 2.28. The molecule has 3 aliphatic heterocycles. The predicted octanol–water partition coefficient (Wildman–Crippen LogP) is 2.11. The van der Waals surface area contributed by atoms with Gasteiger partial charge in [-0.15, -0.1) is 0 Å². The van der Waals surface area contributed by atoms with E-state index in [1.54, 1.807) is 25.2 Å². The second-order valence-corrected chi connectivity index (χ2v) is 5.66. The van der Waals surface area contributed by atoms with Gasteiger partial charge >= 0.3 is 0 Å². The molecular formula is C18H28N2O4S2. The van der Waals surface area contributed by atoms with Crippen molar-refractivity contribution in [2.45, 2.75) is 38.9 Å². The predicted molar refractivity (Wildman–Crippen MR) is 112 cm³/mol. The van der Waals surface area contributed by atoms with E-state index in [2.05, 4.69) is 5.32 Å². The van der Waals surface area contributed by atoms with Gasteiger partial charge in [-0.25, -0.2) is 0 Å². The Morgan fingerprint density at radius 1 is 1.12 bits per heavy atom. The molecule has 146 valence electrons. The van der Waals surface area contributed by atoms with Gasteiger partial charge in [-0.2, -0.15) is 27.0 Å². The van der Waals surface area contributed by atoms with Gasteiger partial charge in [0.2, 0.25) is 11.8 Å². The highest BCUT2D eigenvalue weighted by Gasteiger charge is 2.40. The maximum Gasteiger partial charge on any atom is 0.246 e. The van der Waals surface area contributed by atoms with Crippen LogP contribution in [0.4, 0.5) is 0 Å². The third kappa shape index (κ3) is 4.67. The summed E-state index contributed by atoms with van der Waals surface area (Å²) in [5.74, 6) is 1.20. The van der Waals surface area contributed by atoms with Crippen molar-refractivity contribution in [1.29, 1.82) is 0 Å². The summed E-state index contributed by atoms with van der Waals surface area (Å²) in [6, 6.07) is 4.53. The van der Waals surface area contributed by atoms with Crippen LogP contribution in [-0.4, -0.2) is 43.0 Å². The van der Waals surface area contributed by atoms with Gasteiger partial charge in [-0.1, -0.05) is 19.6 Å². The van der Waals surface area contributed by atoms with Gasteiger partial charge in [0.1, 0.15) is 23.6 Å². The molecule has 1 N–H and O–H groups in total. The summed E-state index contributed by atoms with van der Waals surface area (Å²) in [6.07, 6.45) is 5.00. The number of amides is 2. The van der Waals surface area contributed by atoms with E-state index in [4.69, 9.17) is 9.47 Å². The van der Waals surface area contributed by atoms with Gasteiger partial charge < -0.3 is 19.7 Å². The Morgan fingerprint density at radius 3 is 2.46 bits per heavy atom. The molecule has 1 fully saturated rings. The van der Waals surface area contributed by atoms with E-state index in [1.807, 2.05) is 24.3 Å². The van der Waals surface area contributed by atoms with Crippen molar-refractivity contribution in [3.8, 4) is 11.5 Å². The van der Waals surface area contributed by atoms with Crippen LogP contribution >= 0.6 is 27.0 Å². The van der Waals surface area contributed by atoms with Crippen molar-refractivity contribution >= 4 is 38.8 Å². The number of nitrogens with one attached hydrogen (secondary N) is 1. The largest absolute Gasteiger partial charge is 0.497 e. The Balaban J connectivity index is 0.00000208. The number of methoxy groups -OCH3 is 2. The lowest BCUT2D eigenvalue weighted by Crippen LogP contribution is -2.63. The standard InChI is InChI=1S/C17H20N2O4.CH4.2H2S/c1-22-12-8-7-11(15(9-12)23-2)10-19-14-6-4-3-5-13(17(19)21)18-16(14)20;;;/h3-4,7-9,13-14H,5-6,10H2,1-2H3,(H,18,20);1H4;2*1H2/b4-3-;;;/t13-,14-;;;/m0.../s1. The number of hydrogen-bond acceptors (Lipinski definition) is 4. The number of benzene rings is 1. The number of carbonyl (C=O) groups excluding carboxylic acids is 2. The van der Waals surface area contributed by atoms with E-state index in [9.17, 15) is 9.59 Å². The summed E-state index contributed by atoms with van der Waals surface area (Å²) < 4.78 is 10.6. The van der Waals surface area contributed by atoms with E-state index >= 15 is 0 Å². The summed E-state index contributed by atoms with van der Waals surface area (Å²) in [6.45, 7) is 0.342. The molecule has 0 unspecified atom stereocenters. The molecule has 3 heterocycles. The van der Waals surface area contributed by atoms with Gasteiger partial charge in [0.15, 0.2) is 0 Å². The minimum atomic E-state index is -0.473. The Bertz CT molecular complexity index is 667. The summed E-state index contributed by atoms with van der Waals surface area (Å²) in [5, 5.41) is 2.80. The van der Waals surface area contributed by atoms with E-state index in [1.165, 1.54) is 0 Å². The van der Waals surface area contributed by atoms with Gasteiger partial charge in [-0.05, 0) is 25.0 Å². The van der Waals surface area contributed by atoms with E-state index in [0.29, 0.717) is 30.9 Å². The number of hydrogen-bond donors (Lipinski definition) is 1. The summed E-state index contributed by atoms with van der Waals surface area (Å²) >= 11 is 0. The molecule has 0 radical (unpaired) electrons. The first kappa shape index (κ1) is 24.2. The van der Waals surface area contributed by atoms with Gasteiger partial charge in [0, 0.05) is 11.6 Å². The van der Waals surface area contributed by atoms with Gasteiger partial charge in [-0.3, -0.25) is 9.59 Å². The summed E-state index contributed by atoms with van der Waals surface area (Å²) in [4.78, 5) is 26.5. The maximum absolute atomic E-state index is 12.6. The number of carbonyl (C=O) groups is 2. The highest BCUT2D eigenvalue weighted by molar-refractivity contribution is 7.59. The number of ether oxygens (including phenoxy) is 2. The van der Waals surface area contributed by atoms with Crippen LogP contribution in [0.3, 0.4) is 0 Å². The van der Waals surface area contributed by atoms with E-state index < -0.39 is 12.1 Å². The minimum Gasteiger partial charge on any atom is -0.497 e. The molecule has 2 atom stereocenters. The molecule has 2 amide bonds. The van der Waals surface area contributed by atoms with Crippen molar-refractivity contribution in [3.63, 3.8) is 0 Å². The second kappa shape index (κ2) is 10.4. The Hall–Kier alpha value is -1.80. The summed E-state index contributed by atoms with van der Waals surface area (Å²) in [7, 11) is 3.17. The van der Waals surface area contributed by atoms with Crippen LogP contribution in [0, 0.1) is 0 Å². The molecule has 0 aromatic heterocycles. The van der Waals surface area contributed by atoms with Gasteiger partial charge in [0.05, 0.1) is 20.8 Å². The first-order valence-electron chi connectivity index (χ1n) is 7.60. The maximum atomic E-state index is 12.6. The molecule has 0 saturated carbocycles. The number of fused-ring (bicyclic) bond motifs is 4. The van der Waals surface area contributed by atoms with Crippen LogP contribution < -0.4 is 14.8 Å². The topological polar surface area (TPSA) is 67.9 Å². The number of piperazine rings is 1. The normalized spacial score (nSPS) is 21.8. The highest BCUT2D eigenvalue weighted by atomic mass is 32.1. The fourth-order valence-corrected chi connectivity index (χ4v) is 3.03. The molecule has 26 heavy (non-hydrogen) atoms. The number of nitrogens with zero attached hydrogens (tertiary/aromatic N) is 1. The van der Waals surface area contributed by atoms with Crippen molar-refractivity contribution in [3.05, 3.63) is 35.9 Å². The third-order valence-electron chi connectivity index (χ3n) is 4.31. The Kier molecular flexibility index (Phi) is 9.66. The molecule has 0 aliphatic carbocycles. The monoisotopic (exact) mass is 400 g/mol. The van der Waals surface area contributed by atoms with Crippen LogP contribution in [0.25, 0.3) is 0 Å². The van der Waals surface area contributed by atoms with Crippen LogP contribution in [0.15, 0.2) is 30.4 Å². The van der Waals surface area contributed by atoms with Crippen molar-refractivity contribution in [2.24, 2.45) is 0 Å². The molecule has 0 spiro atoms. The molecule has 2 bridgehead atoms. The minimum absolute atomic E-state index is 0. The average Bonchev–Trinajstić information content (AvgIpc) is 2.55. The van der Waals surface area contributed by atoms with Crippen molar-refractivity contribution < 1.29 is 19.1 Å². The fraction of sp³-hybridized carbons (Fsp3) is 0.444. The third-order valence-corrected chi connectivity index (χ3v) is 4.31. The van der Waals surface area contributed by atoms with Crippen molar-refractivity contribution in [1.82, 2.24) is 10.2 Å². The average molecular weight is 401 g/mol. The smallest absolute Gasteiger partial charge is 0.246 e. The first-order chi connectivity index (χ1) is 11.1. The molecule has 8 heteroatoms. The molecular weight excluding hydrogens is 372 g/mol. The molecule has 1 aromatic carbocycles.